The van der Waals surface area contributed by atoms with Gasteiger partial charge in [0.25, 0.3) is 0 Å². The summed E-state index contributed by atoms with van der Waals surface area (Å²) in [5.41, 5.74) is 2.17. The van der Waals surface area contributed by atoms with Crippen molar-refractivity contribution in [3.05, 3.63) is 35.4 Å². The summed E-state index contributed by atoms with van der Waals surface area (Å²) in [7, 11) is 2.00. The van der Waals surface area contributed by atoms with Crippen LogP contribution in [0.4, 0.5) is 0 Å². The van der Waals surface area contributed by atoms with Crippen molar-refractivity contribution in [2.75, 3.05) is 33.2 Å². The lowest BCUT2D eigenvalue weighted by molar-refractivity contribution is 0.0886. The molecule has 3 nitrogen and oxygen atoms in total. The van der Waals surface area contributed by atoms with Gasteiger partial charge in [-0.1, -0.05) is 37.6 Å². The molecule has 0 spiro atoms. The van der Waals surface area contributed by atoms with Crippen molar-refractivity contribution in [3.63, 3.8) is 0 Å². The SMILES string of the molecule is CCCc1ccc(C(=O)CN2CCCC(CNC)C2)cc1. The molecule has 3 heteroatoms. The van der Waals surface area contributed by atoms with Crippen LogP contribution in [-0.2, 0) is 6.42 Å². The van der Waals surface area contributed by atoms with Gasteiger partial charge in [0.2, 0.25) is 0 Å². The lowest BCUT2D eigenvalue weighted by Gasteiger charge is -2.32. The fraction of sp³-hybridized carbons (Fsp3) is 0.611. The standard InChI is InChI=1S/C18H28N2O/c1-3-5-15-7-9-17(10-8-15)18(21)14-20-11-4-6-16(13-20)12-19-2/h7-10,16,19H,3-6,11-14H2,1-2H3. The van der Waals surface area contributed by atoms with Gasteiger partial charge in [-0.05, 0) is 50.9 Å². The van der Waals surface area contributed by atoms with Crippen LogP contribution in [0.5, 0.6) is 0 Å². The maximum absolute atomic E-state index is 12.4. The molecule has 0 bridgehead atoms. The average molecular weight is 288 g/mol. The molecule has 21 heavy (non-hydrogen) atoms. The third-order valence-corrected chi connectivity index (χ3v) is 4.28. The summed E-state index contributed by atoms with van der Waals surface area (Å²) < 4.78 is 0. The van der Waals surface area contributed by atoms with E-state index in [1.165, 1.54) is 18.4 Å². The van der Waals surface area contributed by atoms with E-state index in [0.29, 0.717) is 12.5 Å². The molecule has 1 fully saturated rings. The first-order valence-corrected chi connectivity index (χ1v) is 8.22. The zero-order valence-corrected chi connectivity index (χ0v) is 13.4. The highest BCUT2D eigenvalue weighted by molar-refractivity contribution is 5.97. The van der Waals surface area contributed by atoms with Crippen molar-refractivity contribution in [1.29, 1.82) is 0 Å². The first-order valence-electron chi connectivity index (χ1n) is 8.22. The molecule has 0 aromatic heterocycles. The van der Waals surface area contributed by atoms with Crippen LogP contribution < -0.4 is 5.32 Å². The molecule has 0 radical (unpaired) electrons. The molecule has 0 aliphatic carbocycles. The molecule has 1 N–H and O–H groups in total. The highest BCUT2D eigenvalue weighted by atomic mass is 16.1. The van der Waals surface area contributed by atoms with Gasteiger partial charge in [0.1, 0.15) is 0 Å². The highest BCUT2D eigenvalue weighted by Gasteiger charge is 2.21. The van der Waals surface area contributed by atoms with Crippen LogP contribution in [0.1, 0.15) is 42.1 Å². The number of likely N-dealkylation sites (tertiary alicyclic amines) is 1. The Morgan fingerprint density at radius 1 is 1.33 bits per heavy atom. The molecule has 1 aromatic rings. The number of nitrogens with zero attached hydrogens (tertiary/aromatic N) is 1. The Bertz CT molecular complexity index is 439. The van der Waals surface area contributed by atoms with Crippen LogP contribution in [0.15, 0.2) is 24.3 Å². The number of nitrogens with one attached hydrogen (secondary N) is 1. The van der Waals surface area contributed by atoms with Crippen LogP contribution in [0.2, 0.25) is 0 Å². The Balaban J connectivity index is 1.88. The summed E-state index contributed by atoms with van der Waals surface area (Å²) in [6.07, 6.45) is 4.71. The van der Waals surface area contributed by atoms with Crippen LogP contribution in [0.25, 0.3) is 0 Å². The molecule has 0 saturated carbocycles. The van der Waals surface area contributed by atoms with Gasteiger partial charge in [-0.3, -0.25) is 9.69 Å². The van der Waals surface area contributed by atoms with Crippen molar-refractivity contribution >= 4 is 5.78 Å². The summed E-state index contributed by atoms with van der Waals surface area (Å²) in [6.45, 7) is 5.89. The van der Waals surface area contributed by atoms with Gasteiger partial charge in [-0.25, -0.2) is 0 Å². The topological polar surface area (TPSA) is 32.3 Å². The number of benzene rings is 1. The summed E-state index contributed by atoms with van der Waals surface area (Å²) in [4.78, 5) is 14.7. The third kappa shape index (κ3) is 4.94. The molecule has 2 rings (SSSR count). The summed E-state index contributed by atoms with van der Waals surface area (Å²) in [5, 5.41) is 3.25. The van der Waals surface area contributed by atoms with Gasteiger partial charge < -0.3 is 5.32 Å². The predicted molar refractivity (Wildman–Crippen MR) is 87.9 cm³/mol. The first-order chi connectivity index (χ1) is 10.2. The van der Waals surface area contributed by atoms with Gasteiger partial charge in [0, 0.05) is 12.1 Å². The van der Waals surface area contributed by atoms with Gasteiger partial charge in [0.05, 0.1) is 6.54 Å². The minimum absolute atomic E-state index is 0.253. The number of hydrogen-bond donors (Lipinski definition) is 1. The molecular formula is C18H28N2O. The van der Waals surface area contributed by atoms with E-state index in [1.54, 1.807) is 0 Å². The molecule has 116 valence electrons. The number of carbonyl (C=O) groups excluding carboxylic acids is 1. The van der Waals surface area contributed by atoms with E-state index in [9.17, 15) is 4.79 Å². The van der Waals surface area contributed by atoms with Crippen molar-refractivity contribution in [3.8, 4) is 0 Å². The Morgan fingerprint density at radius 3 is 2.76 bits per heavy atom. The highest BCUT2D eigenvalue weighted by Crippen LogP contribution is 2.16. The number of rotatable bonds is 7. The molecule has 1 saturated heterocycles. The summed E-state index contributed by atoms with van der Waals surface area (Å²) in [6, 6.07) is 8.16. The second kappa shape index (κ2) is 8.30. The summed E-state index contributed by atoms with van der Waals surface area (Å²) in [5.74, 6) is 0.937. The minimum Gasteiger partial charge on any atom is -0.319 e. The molecule has 1 aliphatic rings. The van der Waals surface area contributed by atoms with Crippen LogP contribution in [0.3, 0.4) is 0 Å². The largest absolute Gasteiger partial charge is 0.319 e. The molecule has 1 unspecified atom stereocenters. The monoisotopic (exact) mass is 288 g/mol. The second-order valence-electron chi connectivity index (χ2n) is 6.17. The Labute approximate surface area is 128 Å². The molecule has 1 aliphatic heterocycles. The zero-order valence-electron chi connectivity index (χ0n) is 13.4. The average Bonchev–Trinajstić information content (AvgIpc) is 2.49. The van der Waals surface area contributed by atoms with Crippen molar-refractivity contribution < 1.29 is 4.79 Å². The van der Waals surface area contributed by atoms with Gasteiger partial charge >= 0.3 is 0 Å². The number of carbonyl (C=O) groups is 1. The minimum atomic E-state index is 0.253. The van der Waals surface area contributed by atoms with E-state index >= 15 is 0 Å². The zero-order chi connectivity index (χ0) is 15.1. The smallest absolute Gasteiger partial charge is 0.176 e. The Kier molecular flexibility index (Phi) is 6.40. The normalized spacial score (nSPS) is 19.6. The van der Waals surface area contributed by atoms with E-state index in [0.717, 1.165) is 38.0 Å². The lowest BCUT2D eigenvalue weighted by atomic mass is 9.97. The van der Waals surface area contributed by atoms with Crippen molar-refractivity contribution in [1.82, 2.24) is 10.2 Å². The maximum Gasteiger partial charge on any atom is 0.176 e. The van der Waals surface area contributed by atoms with Crippen LogP contribution >= 0.6 is 0 Å². The van der Waals surface area contributed by atoms with E-state index in [4.69, 9.17) is 0 Å². The number of ketones is 1. The van der Waals surface area contributed by atoms with Gasteiger partial charge in [-0.15, -0.1) is 0 Å². The van der Waals surface area contributed by atoms with E-state index < -0.39 is 0 Å². The van der Waals surface area contributed by atoms with Gasteiger partial charge in [0.15, 0.2) is 5.78 Å². The van der Waals surface area contributed by atoms with Gasteiger partial charge in [-0.2, -0.15) is 0 Å². The fourth-order valence-corrected chi connectivity index (χ4v) is 3.19. The van der Waals surface area contributed by atoms with Crippen LogP contribution in [0, 0.1) is 5.92 Å². The van der Waals surface area contributed by atoms with E-state index in [1.807, 2.05) is 19.2 Å². The second-order valence-corrected chi connectivity index (χ2v) is 6.17. The molecule has 0 amide bonds. The molecule has 1 heterocycles. The van der Waals surface area contributed by atoms with E-state index in [2.05, 4.69) is 29.3 Å². The lowest BCUT2D eigenvalue weighted by Crippen LogP contribution is -2.41. The Morgan fingerprint density at radius 2 is 2.10 bits per heavy atom. The number of piperidine rings is 1. The molecule has 1 atom stereocenters. The van der Waals surface area contributed by atoms with E-state index in [-0.39, 0.29) is 5.78 Å². The number of aryl methyl sites for hydroxylation is 1. The third-order valence-electron chi connectivity index (χ3n) is 4.28. The fourth-order valence-electron chi connectivity index (χ4n) is 3.19. The quantitative estimate of drug-likeness (QED) is 0.783. The van der Waals surface area contributed by atoms with Crippen LogP contribution in [-0.4, -0.2) is 43.9 Å². The Hall–Kier alpha value is -1.19. The summed E-state index contributed by atoms with van der Waals surface area (Å²) >= 11 is 0. The first kappa shape index (κ1) is 16.2. The molecule has 1 aromatic carbocycles. The molecular weight excluding hydrogens is 260 g/mol. The number of Topliss-reactive ketones (excluding diaryl/α,β-unsaturated/α-hetero) is 1. The maximum atomic E-state index is 12.4. The van der Waals surface area contributed by atoms with Crippen molar-refractivity contribution in [2.24, 2.45) is 5.92 Å². The number of hydrogen-bond acceptors (Lipinski definition) is 3. The van der Waals surface area contributed by atoms with Crippen molar-refractivity contribution in [2.45, 2.75) is 32.6 Å². The predicted octanol–water partition coefficient (Wildman–Crippen LogP) is 2.75.